The highest BCUT2D eigenvalue weighted by Gasteiger charge is 2.18. The molecule has 120 valence electrons. The highest BCUT2D eigenvalue weighted by Crippen LogP contribution is 2.17. The number of amides is 1. The van der Waals surface area contributed by atoms with E-state index in [0.717, 1.165) is 11.3 Å². The molecule has 1 N–H and O–H groups in total. The maximum atomic E-state index is 12.3. The summed E-state index contributed by atoms with van der Waals surface area (Å²) in [7, 11) is 1.88. The molecule has 0 radical (unpaired) electrons. The fourth-order valence-corrected chi connectivity index (χ4v) is 2.42. The predicted octanol–water partition coefficient (Wildman–Crippen LogP) is 2.06. The molecule has 0 bridgehead atoms. The van der Waals surface area contributed by atoms with Gasteiger partial charge in [-0.05, 0) is 32.0 Å². The lowest BCUT2D eigenvalue weighted by Crippen LogP contribution is -2.26. The average Bonchev–Trinajstić information content (AvgIpc) is 3.24. The van der Waals surface area contributed by atoms with Gasteiger partial charge in [0.25, 0.3) is 5.91 Å². The Morgan fingerprint density at radius 2 is 2.22 bits per heavy atom. The lowest BCUT2D eigenvalue weighted by atomic mass is 10.1. The van der Waals surface area contributed by atoms with E-state index in [1.54, 1.807) is 33.9 Å². The number of aromatic nitrogens is 4. The van der Waals surface area contributed by atoms with Crippen LogP contribution in [-0.2, 0) is 13.6 Å². The third kappa shape index (κ3) is 3.18. The van der Waals surface area contributed by atoms with E-state index in [9.17, 15) is 4.79 Å². The Labute approximate surface area is 133 Å². The van der Waals surface area contributed by atoms with Crippen molar-refractivity contribution in [3.8, 4) is 0 Å². The Hall–Kier alpha value is -2.83. The lowest BCUT2D eigenvalue weighted by molar-refractivity contribution is 0.0909. The van der Waals surface area contributed by atoms with Crippen LogP contribution in [0.25, 0.3) is 0 Å². The topological polar surface area (TPSA) is 77.9 Å². The summed E-state index contributed by atoms with van der Waals surface area (Å²) in [5.41, 5.74) is 2.01. The van der Waals surface area contributed by atoms with Crippen LogP contribution in [0, 0.1) is 6.92 Å². The van der Waals surface area contributed by atoms with Crippen LogP contribution in [0.2, 0.25) is 0 Å². The van der Waals surface area contributed by atoms with Gasteiger partial charge in [0.1, 0.15) is 5.76 Å². The van der Waals surface area contributed by atoms with Crippen LogP contribution >= 0.6 is 0 Å². The molecule has 3 aromatic heterocycles. The Balaban J connectivity index is 1.66. The van der Waals surface area contributed by atoms with E-state index in [1.165, 1.54) is 0 Å². The van der Waals surface area contributed by atoms with Gasteiger partial charge in [-0.3, -0.25) is 14.2 Å². The molecule has 3 heterocycles. The molecular weight excluding hydrogens is 294 g/mol. The number of furan rings is 1. The highest BCUT2D eigenvalue weighted by molar-refractivity contribution is 5.91. The van der Waals surface area contributed by atoms with Crippen molar-refractivity contribution in [2.45, 2.75) is 26.4 Å². The van der Waals surface area contributed by atoms with Crippen LogP contribution in [-0.4, -0.2) is 25.5 Å². The summed E-state index contributed by atoms with van der Waals surface area (Å²) in [4.78, 5) is 12.3. The molecule has 23 heavy (non-hydrogen) atoms. The van der Waals surface area contributed by atoms with Crippen LogP contribution < -0.4 is 5.32 Å². The number of hydrogen-bond acceptors (Lipinski definition) is 4. The van der Waals surface area contributed by atoms with E-state index in [0.29, 0.717) is 18.1 Å². The molecule has 0 spiro atoms. The van der Waals surface area contributed by atoms with Crippen molar-refractivity contribution in [1.82, 2.24) is 24.9 Å². The molecule has 0 aliphatic carbocycles. The van der Waals surface area contributed by atoms with Gasteiger partial charge < -0.3 is 9.73 Å². The number of hydrogen-bond donors (Lipinski definition) is 1. The normalized spacial score (nSPS) is 12.3. The van der Waals surface area contributed by atoms with Crippen LogP contribution in [0.15, 0.2) is 41.2 Å². The zero-order valence-corrected chi connectivity index (χ0v) is 13.4. The SMILES string of the molecule is Cc1c(C(C)NC(=O)c2ccc(Cn3cccn3)o2)cnn1C. The third-order valence-corrected chi connectivity index (χ3v) is 3.85. The van der Waals surface area contributed by atoms with E-state index in [4.69, 9.17) is 4.42 Å². The number of aryl methyl sites for hydroxylation is 1. The maximum Gasteiger partial charge on any atom is 0.287 e. The Morgan fingerprint density at radius 1 is 1.39 bits per heavy atom. The Kier molecular flexibility index (Phi) is 4.01. The van der Waals surface area contributed by atoms with Crippen molar-refractivity contribution in [2.75, 3.05) is 0 Å². The molecule has 3 aromatic rings. The molecule has 0 saturated carbocycles. The molecule has 3 rings (SSSR count). The zero-order valence-electron chi connectivity index (χ0n) is 13.4. The second kappa shape index (κ2) is 6.12. The number of carbonyl (C=O) groups excluding carboxylic acids is 1. The largest absolute Gasteiger partial charge is 0.454 e. The van der Waals surface area contributed by atoms with Gasteiger partial charge >= 0.3 is 0 Å². The van der Waals surface area contributed by atoms with E-state index in [1.807, 2.05) is 33.2 Å². The number of nitrogens with one attached hydrogen (secondary N) is 1. The van der Waals surface area contributed by atoms with Gasteiger partial charge in [-0.25, -0.2) is 0 Å². The quantitative estimate of drug-likeness (QED) is 0.782. The monoisotopic (exact) mass is 313 g/mol. The molecule has 0 aromatic carbocycles. The van der Waals surface area contributed by atoms with Crippen molar-refractivity contribution < 1.29 is 9.21 Å². The van der Waals surface area contributed by atoms with Gasteiger partial charge in [0.2, 0.25) is 0 Å². The second-order valence-electron chi connectivity index (χ2n) is 5.47. The van der Waals surface area contributed by atoms with Gasteiger partial charge in [-0.1, -0.05) is 0 Å². The van der Waals surface area contributed by atoms with Gasteiger partial charge in [-0.15, -0.1) is 0 Å². The molecular formula is C16H19N5O2. The van der Waals surface area contributed by atoms with Crippen LogP contribution in [0.1, 0.15) is 40.5 Å². The number of rotatable bonds is 5. The van der Waals surface area contributed by atoms with E-state index >= 15 is 0 Å². The van der Waals surface area contributed by atoms with Gasteiger partial charge in [-0.2, -0.15) is 10.2 Å². The summed E-state index contributed by atoms with van der Waals surface area (Å²) < 4.78 is 9.12. The Morgan fingerprint density at radius 3 is 2.87 bits per heavy atom. The first-order valence-corrected chi connectivity index (χ1v) is 7.40. The number of nitrogens with zero attached hydrogens (tertiary/aromatic N) is 4. The maximum absolute atomic E-state index is 12.3. The summed E-state index contributed by atoms with van der Waals surface area (Å²) >= 11 is 0. The van der Waals surface area contributed by atoms with Crippen molar-refractivity contribution in [3.63, 3.8) is 0 Å². The van der Waals surface area contributed by atoms with Gasteiger partial charge in [0.05, 0.1) is 18.8 Å². The summed E-state index contributed by atoms with van der Waals surface area (Å²) in [6.45, 7) is 4.40. The first kappa shape index (κ1) is 15.1. The van der Waals surface area contributed by atoms with Crippen molar-refractivity contribution >= 4 is 5.91 Å². The third-order valence-electron chi connectivity index (χ3n) is 3.85. The van der Waals surface area contributed by atoms with Crippen molar-refractivity contribution in [1.29, 1.82) is 0 Å². The molecule has 7 nitrogen and oxygen atoms in total. The minimum absolute atomic E-state index is 0.143. The molecule has 0 saturated heterocycles. The Bertz CT molecular complexity index is 800. The second-order valence-corrected chi connectivity index (χ2v) is 5.47. The first-order chi connectivity index (χ1) is 11.0. The van der Waals surface area contributed by atoms with Crippen LogP contribution in [0.3, 0.4) is 0 Å². The number of carbonyl (C=O) groups is 1. The van der Waals surface area contributed by atoms with Crippen molar-refractivity contribution in [2.24, 2.45) is 7.05 Å². The summed E-state index contributed by atoms with van der Waals surface area (Å²) in [6, 6.07) is 5.16. The summed E-state index contributed by atoms with van der Waals surface area (Å²) in [6.07, 6.45) is 5.32. The van der Waals surface area contributed by atoms with Crippen molar-refractivity contribution in [3.05, 3.63) is 59.6 Å². The van der Waals surface area contributed by atoms with E-state index in [2.05, 4.69) is 15.5 Å². The van der Waals surface area contributed by atoms with Gasteiger partial charge in [0.15, 0.2) is 5.76 Å². The summed E-state index contributed by atoms with van der Waals surface area (Å²) in [5, 5.41) is 11.2. The summed E-state index contributed by atoms with van der Waals surface area (Å²) in [5.74, 6) is 0.733. The molecule has 1 atom stereocenters. The minimum Gasteiger partial charge on any atom is -0.454 e. The fourth-order valence-electron chi connectivity index (χ4n) is 2.42. The van der Waals surface area contributed by atoms with E-state index < -0.39 is 0 Å². The average molecular weight is 313 g/mol. The fraction of sp³-hybridized carbons (Fsp3) is 0.312. The molecule has 1 unspecified atom stereocenters. The van der Waals surface area contributed by atoms with Crippen LogP contribution in [0.4, 0.5) is 0 Å². The molecule has 1 amide bonds. The van der Waals surface area contributed by atoms with Gasteiger partial charge in [0, 0.05) is 30.7 Å². The smallest absolute Gasteiger partial charge is 0.287 e. The standard InChI is InChI=1S/C16H19N5O2/c1-11(14-9-18-20(3)12(14)2)19-16(22)15-6-5-13(23-15)10-21-8-4-7-17-21/h4-9,11H,10H2,1-3H3,(H,19,22). The molecule has 0 aliphatic heterocycles. The molecule has 0 fully saturated rings. The molecule has 7 heteroatoms. The van der Waals surface area contributed by atoms with E-state index in [-0.39, 0.29) is 11.9 Å². The minimum atomic E-state index is -0.243. The highest BCUT2D eigenvalue weighted by atomic mass is 16.4. The first-order valence-electron chi connectivity index (χ1n) is 7.40. The molecule has 0 aliphatic rings. The zero-order chi connectivity index (χ0) is 16.4. The van der Waals surface area contributed by atoms with Crippen LogP contribution in [0.5, 0.6) is 0 Å². The lowest BCUT2D eigenvalue weighted by Gasteiger charge is -2.12. The predicted molar refractivity (Wildman–Crippen MR) is 83.9 cm³/mol.